The molecule has 0 aromatic heterocycles. The maximum atomic E-state index is 11.6. The van der Waals surface area contributed by atoms with E-state index in [0.29, 0.717) is 0 Å². The van der Waals surface area contributed by atoms with Crippen molar-refractivity contribution in [1.82, 2.24) is 0 Å². The largest absolute Gasteiger partial charge is 0.461 e. The molecule has 0 bridgehead atoms. The van der Waals surface area contributed by atoms with E-state index in [1.807, 2.05) is 30.3 Å². The molecule has 0 saturated carbocycles. The molecule has 1 rings (SSSR count). The molecule has 0 saturated heterocycles. The summed E-state index contributed by atoms with van der Waals surface area (Å²) in [5, 5.41) is 0. The standard InChI is InChI=1S/C13H18O4/c1-13(15-2,16-3)9-12(14)17-10-11-7-5-4-6-8-11/h4-8H,9-10H2,1-3H3. The summed E-state index contributed by atoms with van der Waals surface area (Å²) in [6.07, 6.45) is 0.0623. The van der Waals surface area contributed by atoms with E-state index in [-0.39, 0.29) is 19.0 Å². The van der Waals surface area contributed by atoms with Crippen LogP contribution < -0.4 is 0 Å². The van der Waals surface area contributed by atoms with Crippen LogP contribution in [0.4, 0.5) is 0 Å². The fourth-order valence-electron chi connectivity index (χ4n) is 1.28. The Morgan fingerprint density at radius 3 is 2.29 bits per heavy atom. The van der Waals surface area contributed by atoms with Crippen molar-refractivity contribution in [2.75, 3.05) is 14.2 Å². The molecule has 0 aliphatic carbocycles. The molecule has 0 N–H and O–H groups in total. The highest BCUT2D eigenvalue weighted by Crippen LogP contribution is 2.16. The van der Waals surface area contributed by atoms with Gasteiger partial charge in [0.05, 0.1) is 6.42 Å². The first-order chi connectivity index (χ1) is 8.09. The molecule has 0 radical (unpaired) electrons. The Morgan fingerprint density at radius 2 is 1.76 bits per heavy atom. The number of carbonyl (C=O) groups excluding carboxylic acids is 1. The number of methoxy groups -OCH3 is 2. The Hall–Kier alpha value is -1.39. The van der Waals surface area contributed by atoms with Gasteiger partial charge in [0.1, 0.15) is 6.61 Å². The Morgan fingerprint density at radius 1 is 1.18 bits per heavy atom. The van der Waals surface area contributed by atoms with Crippen LogP contribution in [0.25, 0.3) is 0 Å². The fraction of sp³-hybridized carbons (Fsp3) is 0.462. The molecule has 0 unspecified atom stereocenters. The average molecular weight is 238 g/mol. The summed E-state index contributed by atoms with van der Waals surface area (Å²) >= 11 is 0. The minimum Gasteiger partial charge on any atom is -0.461 e. The molecule has 0 amide bonds. The molecule has 1 aromatic carbocycles. The zero-order valence-corrected chi connectivity index (χ0v) is 10.4. The van der Waals surface area contributed by atoms with Gasteiger partial charge in [-0.3, -0.25) is 4.79 Å². The lowest BCUT2D eigenvalue weighted by Crippen LogP contribution is -2.33. The third-order valence-corrected chi connectivity index (χ3v) is 2.57. The van der Waals surface area contributed by atoms with Crippen LogP contribution in [0.15, 0.2) is 30.3 Å². The maximum absolute atomic E-state index is 11.6. The quantitative estimate of drug-likeness (QED) is 0.562. The van der Waals surface area contributed by atoms with Gasteiger partial charge in [0.15, 0.2) is 5.79 Å². The highest BCUT2D eigenvalue weighted by molar-refractivity contribution is 5.70. The predicted octanol–water partition coefficient (Wildman–Crippen LogP) is 2.13. The smallest absolute Gasteiger partial charge is 0.311 e. The molecule has 17 heavy (non-hydrogen) atoms. The third-order valence-electron chi connectivity index (χ3n) is 2.57. The van der Waals surface area contributed by atoms with E-state index in [4.69, 9.17) is 14.2 Å². The summed E-state index contributed by atoms with van der Waals surface area (Å²) in [5.74, 6) is -1.27. The van der Waals surface area contributed by atoms with Crippen molar-refractivity contribution < 1.29 is 19.0 Å². The van der Waals surface area contributed by atoms with E-state index in [1.54, 1.807) is 6.92 Å². The molecule has 0 spiro atoms. The van der Waals surface area contributed by atoms with Crippen molar-refractivity contribution in [3.8, 4) is 0 Å². The number of ether oxygens (including phenoxy) is 3. The molecule has 94 valence electrons. The summed E-state index contributed by atoms with van der Waals surface area (Å²) in [6, 6.07) is 9.52. The van der Waals surface area contributed by atoms with E-state index >= 15 is 0 Å². The molecule has 1 aromatic rings. The Balaban J connectivity index is 2.40. The molecule has 4 nitrogen and oxygen atoms in total. The number of rotatable bonds is 6. The van der Waals surface area contributed by atoms with Gasteiger partial charge >= 0.3 is 5.97 Å². The second kappa shape index (κ2) is 6.37. The minimum absolute atomic E-state index is 0.0623. The monoisotopic (exact) mass is 238 g/mol. The van der Waals surface area contributed by atoms with Gasteiger partial charge < -0.3 is 14.2 Å². The van der Waals surface area contributed by atoms with Gasteiger partial charge in [0.25, 0.3) is 0 Å². The molecule has 0 fully saturated rings. The first-order valence-electron chi connectivity index (χ1n) is 5.39. The van der Waals surface area contributed by atoms with Crippen molar-refractivity contribution in [1.29, 1.82) is 0 Å². The van der Waals surface area contributed by atoms with Gasteiger partial charge in [0.2, 0.25) is 0 Å². The average Bonchev–Trinajstić information content (AvgIpc) is 2.37. The summed E-state index contributed by atoms with van der Waals surface area (Å²) in [7, 11) is 2.99. The fourth-order valence-corrected chi connectivity index (χ4v) is 1.28. The first-order valence-corrected chi connectivity index (χ1v) is 5.39. The van der Waals surface area contributed by atoms with Crippen LogP contribution in [-0.2, 0) is 25.6 Å². The van der Waals surface area contributed by atoms with Crippen molar-refractivity contribution >= 4 is 5.97 Å². The summed E-state index contributed by atoms with van der Waals surface area (Å²) in [6.45, 7) is 1.96. The van der Waals surface area contributed by atoms with Gasteiger partial charge in [-0.2, -0.15) is 0 Å². The Labute approximate surface area is 101 Å². The lowest BCUT2D eigenvalue weighted by Gasteiger charge is -2.25. The van der Waals surface area contributed by atoms with Crippen LogP contribution in [0, 0.1) is 0 Å². The zero-order valence-electron chi connectivity index (χ0n) is 10.4. The van der Waals surface area contributed by atoms with Gasteiger partial charge in [-0.15, -0.1) is 0 Å². The molecule has 0 aliphatic rings. The predicted molar refractivity (Wildman–Crippen MR) is 63.3 cm³/mol. The first kappa shape index (κ1) is 13.7. The molecule has 0 heterocycles. The van der Waals surface area contributed by atoms with Gasteiger partial charge in [-0.05, 0) is 12.5 Å². The number of esters is 1. The molecular weight excluding hydrogens is 220 g/mol. The minimum atomic E-state index is -0.923. The van der Waals surface area contributed by atoms with Crippen LogP contribution in [0.1, 0.15) is 18.9 Å². The summed E-state index contributed by atoms with van der Waals surface area (Å²) < 4.78 is 15.3. The van der Waals surface area contributed by atoms with Crippen molar-refractivity contribution in [3.63, 3.8) is 0 Å². The molecule has 4 heteroatoms. The van der Waals surface area contributed by atoms with Gasteiger partial charge in [0, 0.05) is 14.2 Å². The highest BCUT2D eigenvalue weighted by atomic mass is 16.7. The van der Waals surface area contributed by atoms with E-state index in [1.165, 1.54) is 14.2 Å². The maximum Gasteiger partial charge on any atom is 0.311 e. The van der Waals surface area contributed by atoms with Crippen LogP contribution in [0.3, 0.4) is 0 Å². The number of hydrogen-bond donors (Lipinski definition) is 0. The second-order valence-corrected chi connectivity index (χ2v) is 3.87. The van der Waals surface area contributed by atoms with E-state index in [0.717, 1.165) is 5.56 Å². The lowest BCUT2D eigenvalue weighted by molar-refractivity contribution is -0.206. The van der Waals surface area contributed by atoms with E-state index in [9.17, 15) is 4.79 Å². The van der Waals surface area contributed by atoms with Gasteiger partial charge in [-0.1, -0.05) is 30.3 Å². The summed E-state index contributed by atoms with van der Waals surface area (Å²) in [4.78, 5) is 11.6. The van der Waals surface area contributed by atoms with Crippen LogP contribution in [0.2, 0.25) is 0 Å². The second-order valence-electron chi connectivity index (χ2n) is 3.87. The lowest BCUT2D eigenvalue weighted by atomic mass is 10.2. The van der Waals surface area contributed by atoms with E-state index < -0.39 is 5.79 Å². The molecule has 0 atom stereocenters. The van der Waals surface area contributed by atoms with Gasteiger partial charge in [-0.25, -0.2) is 0 Å². The SMILES string of the molecule is COC(C)(CC(=O)OCc1ccccc1)OC. The third kappa shape index (κ3) is 4.54. The van der Waals surface area contributed by atoms with Crippen LogP contribution >= 0.6 is 0 Å². The topological polar surface area (TPSA) is 44.8 Å². The van der Waals surface area contributed by atoms with Crippen molar-refractivity contribution in [2.24, 2.45) is 0 Å². The zero-order chi connectivity index (χ0) is 12.7. The molecular formula is C13H18O4. The van der Waals surface area contributed by atoms with Crippen LogP contribution in [-0.4, -0.2) is 26.0 Å². The summed E-state index contributed by atoms with van der Waals surface area (Å²) in [5.41, 5.74) is 0.956. The Bertz CT molecular complexity index is 344. The number of benzene rings is 1. The molecule has 0 aliphatic heterocycles. The highest BCUT2D eigenvalue weighted by Gasteiger charge is 2.27. The Kier molecular flexibility index (Phi) is 5.12. The number of carbonyl (C=O) groups is 1. The normalized spacial score (nSPS) is 11.2. The van der Waals surface area contributed by atoms with Crippen LogP contribution in [0.5, 0.6) is 0 Å². The van der Waals surface area contributed by atoms with Crippen molar-refractivity contribution in [3.05, 3.63) is 35.9 Å². The van der Waals surface area contributed by atoms with E-state index in [2.05, 4.69) is 0 Å². The number of hydrogen-bond acceptors (Lipinski definition) is 4. The van der Waals surface area contributed by atoms with Crippen molar-refractivity contribution in [2.45, 2.75) is 25.7 Å².